The number of rotatable bonds is 2. The number of hydrogen-bond donors (Lipinski definition) is 1. The van der Waals surface area contributed by atoms with Gasteiger partial charge >= 0.3 is 0 Å². The maximum absolute atomic E-state index is 5.92. The Balaban J connectivity index is 1.96. The second kappa shape index (κ2) is 4.90. The van der Waals surface area contributed by atoms with Crippen molar-refractivity contribution < 1.29 is 9.26 Å². The van der Waals surface area contributed by atoms with Gasteiger partial charge in [-0.3, -0.25) is 0 Å². The van der Waals surface area contributed by atoms with Crippen molar-refractivity contribution >= 4 is 5.69 Å². The lowest BCUT2D eigenvalue weighted by molar-refractivity contribution is -0.0770. The quantitative estimate of drug-likeness (QED) is 0.851. The van der Waals surface area contributed by atoms with Crippen LogP contribution in [-0.4, -0.2) is 16.7 Å². The lowest BCUT2D eigenvalue weighted by atomic mass is 9.95. The third-order valence-corrected chi connectivity index (χ3v) is 3.97. The van der Waals surface area contributed by atoms with Crippen LogP contribution in [0.3, 0.4) is 0 Å². The standard InChI is InChI=1S/C15H19N3O2/c1-10-11(6-5-7-12(10)16)13-17-14(18-20-13)15(2)8-3-4-9-19-15/h5-7H,3-4,8-9,16H2,1-2H3. The fourth-order valence-electron chi connectivity index (χ4n) is 2.54. The zero-order valence-corrected chi connectivity index (χ0v) is 11.8. The molecule has 3 rings (SSSR count). The van der Waals surface area contributed by atoms with Crippen molar-refractivity contribution in [3.05, 3.63) is 29.6 Å². The van der Waals surface area contributed by atoms with E-state index in [0.29, 0.717) is 11.7 Å². The monoisotopic (exact) mass is 273 g/mol. The summed E-state index contributed by atoms with van der Waals surface area (Å²) >= 11 is 0. The molecule has 1 aliphatic heterocycles. The Morgan fingerprint density at radius 3 is 2.90 bits per heavy atom. The van der Waals surface area contributed by atoms with Crippen LogP contribution in [0.1, 0.15) is 37.6 Å². The van der Waals surface area contributed by atoms with Crippen molar-refractivity contribution in [1.29, 1.82) is 0 Å². The summed E-state index contributed by atoms with van der Waals surface area (Å²) in [6.45, 7) is 4.72. The van der Waals surface area contributed by atoms with Crippen LogP contribution in [0.4, 0.5) is 5.69 Å². The van der Waals surface area contributed by atoms with Gasteiger partial charge in [0, 0.05) is 17.9 Å². The molecule has 0 aliphatic carbocycles. The normalized spacial score (nSPS) is 22.9. The molecule has 5 nitrogen and oxygen atoms in total. The van der Waals surface area contributed by atoms with Gasteiger partial charge in [0.2, 0.25) is 5.82 Å². The van der Waals surface area contributed by atoms with Crippen LogP contribution in [0, 0.1) is 6.92 Å². The second-order valence-corrected chi connectivity index (χ2v) is 5.48. The van der Waals surface area contributed by atoms with E-state index in [4.69, 9.17) is 15.0 Å². The highest BCUT2D eigenvalue weighted by Crippen LogP contribution is 2.34. The van der Waals surface area contributed by atoms with E-state index in [1.165, 1.54) is 0 Å². The molecule has 1 atom stereocenters. The number of aromatic nitrogens is 2. The SMILES string of the molecule is Cc1c(N)cccc1-c1nc(C2(C)CCCCO2)no1. The van der Waals surface area contributed by atoms with Gasteiger partial charge < -0.3 is 15.0 Å². The number of nitrogen functional groups attached to an aromatic ring is 1. The smallest absolute Gasteiger partial charge is 0.258 e. The molecule has 0 bridgehead atoms. The van der Waals surface area contributed by atoms with Gasteiger partial charge in [-0.25, -0.2) is 0 Å². The molecule has 0 radical (unpaired) electrons. The van der Waals surface area contributed by atoms with Gasteiger partial charge in [0.05, 0.1) is 0 Å². The highest BCUT2D eigenvalue weighted by atomic mass is 16.5. The average Bonchev–Trinajstić information content (AvgIpc) is 2.93. The van der Waals surface area contributed by atoms with Crippen LogP contribution in [0.2, 0.25) is 0 Å². The summed E-state index contributed by atoms with van der Waals surface area (Å²) in [7, 11) is 0. The van der Waals surface area contributed by atoms with Crippen LogP contribution in [0.25, 0.3) is 11.5 Å². The van der Waals surface area contributed by atoms with Crippen LogP contribution < -0.4 is 5.73 Å². The minimum atomic E-state index is -0.436. The van der Waals surface area contributed by atoms with Gasteiger partial charge in [-0.05, 0) is 50.8 Å². The van der Waals surface area contributed by atoms with Crippen LogP contribution in [-0.2, 0) is 10.3 Å². The number of nitrogens with two attached hydrogens (primary N) is 1. The molecule has 1 aromatic heterocycles. The van der Waals surface area contributed by atoms with E-state index in [9.17, 15) is 0 Å². The fraction of sp³-hybridized carbons (Fsp3) is 0.467. The van der Waals surface area contributed by atoms with E-state index in [1.54, 1.807) is 0 Å². The number of benzene rings is 1. The van der Waals surface area contributed by atoms with Gasteiger partial charge in [-0.2, -0.15) is 4.98 Å². The summed E-state index contributed by atoms with van der Waals surface area (Å²) in [5.74, 6) is 1.12. The molecule has 1 unspecified atom stereocenters. The maximum atomic E-state index is 5.92. The summed E-state index contributed by atoms with van der Waals surface area (Å²) < 4.78 is 11.3. The van der Waals surface area contributed by atoms with Crippen LogP contribution in [0.5, 0.6) is 0 Å². The predicted molar refractivity (Wildman–Crippen MR) is 76.0 cm³/mol. The Bertz CT molecular complexity index is 615. The van der Waals surface area contributed by atoms with Crippen molar-refractivity contribution in [3.63, 3.8) is 0 Å². The number of nitrogens with zero attached hydrogens (tertiary/aromatic N) is 2. The lowest BCUT2D eigenvalue weighted by Gasteiger charge is -2.30. The minimum absolute atomic E-state index is 0.436. The second-order valence-electron chi connectivity index (χ2n) is 5.48. The molecular formula is C15H19N3O2. The Labute approximate surface area is 118 Å². The van der Waals surface area contributed by atoms with Gasteiger partial charge in [-0.1, -0.05) is 11.2 Å². The van der Waals surface area contributed by atoms with E-state index in [-0.39, 0.29) is 0 Å². The molecule has 106 valence electrons. The molecule has 0 saturated carbocycles. The van der Waals surface area contributed by atoms with Gasteiger partial charge in [0.15, 0.2) is 0 Å². The van der Waals surface area contributed by atoms with Crippen molar-refractivity contribution in [1.82, 2.24) is 10.1 Å². The molecule has 0 amide bonds. The molecule has 2 heterocycles. The number of ether oxygens (including phenoxy) is 1. The Hall–Kier alpha value is -1.88. The van der Waals surface area contributed by atoms with Gasteiger partial charge in [0.25, 0.3) is 5.89 Å². The Morgan fingerprint density at radius 2 is 2.15 bits per heavy atom. The van der Waals surface area contributed by atoms with Crippen molar-refractivity contribution in [3.8, 4) is 11.5 Å². The largest absolute Gasteiger partial charge is 0.398 e. The molecule has 20 heavy (non-hydrogen) atoms. The molecule has 1 saturated heterocycles. The third-order valence-electron chi connectivity index (χ3n) is 3.97. The summed E-state index contributed by atoms with van der Waals surface area (Å²) in [5, 5.41) is 4.11. The topological polar surface area (TPSA) is 74.2 Å². The number of hydrogen-bond acceptors (Lipinski definition) is 5. The zero-order chi connectivity index (χ0) is 14.2. The van der Waals surface area contributed by atoms with Gasteiger partial charge in [-0.15, -0.1) is 0 Å². The minimum Gasteiger partial charge on any atom is -0.398 e. The lowest BCUT2D eigenvalue weighted by Crippen LogP contribution is -2.31. The number of anilines is 1. The molecule has 2 N–H and O–H groups in total. The van der Waals surface area contributed by atoms with E-state index in [1.807, 2.05) is 32.0 Å². The maximum Gasteiger partial charge on any atom is 0.258 e. The molecule has 1 fully saturated rings. The molecular weight excluding hydrogens is 254 g/mol. The van der Waals surface area contributed by atoms with E-state index in [0.717, 1.165) is 42.7 Å². The molecule has 1 aliphatic rings. The summed E-state index contributed by atoms with van der Waals surface area (Å²) in [6.07, 6.45) is 3.13. The molecule has 0 spiro atoms. The first-order valence-corrected chi connectivity index (χ1v) is 6.94. The molecule has 2 aromatic rings. The molecule has 1 aromatic carbocycles. The van der Waals surface area contributed by atoms with E-state index >= 15 is 0 Å². The highest BCUT2D eigenvalue weighted by Gasteiger charge is 2.35. The zero-order valence-electron chi connectivity index (χ0n) is 11.8. The van der Waals surface area contributed by atoms with Gasteiger partial charge in [0.1, 0.15) is 5.60 Å². The Kier molecular flexibility index (Phi) is 3.22. The first-order chi connectivity index (χ1) is 9.60. The summed E-state index contributed by atoms with van der Waals surface area (Å²) in [6, 6.07) is 5.69. The third kappa shape index (κ3) is 2.18. The first-order valence-electron chi connectivity index (χ1n) is 6.94. The molecule has 5 heteroatoms. The van der Waals surface area contributed by atoms with Crippen molar-refractivity contribution in [2.45, 2.75) is 38.7 Å². The van der Waals surface area contributed by atoms with E-state index < -0.39 is 5.60 Å². The van der Waals surface area contributed by atoms with Crippen LogP contribution in [0.15, 0.2) is 22.7 Å². The Morgan fingerprint density at radius 1 is 1.30 bits per heavy atom. The summed E-state index contributed by atoms with van der Waals surface area (Å²) in [4.78, 5) is 4.52. The van der Waals surface area contributed by atoms with Crippen LogP contribution >= 0.6 is 0 Å². The average molecular weight is 273 g/mol. The predicted octanol–water partition coefficient (Wildman–Crippen LogP) is 3.04. The highest BCUT2D eigenvalue weighted by molar-refractivity contribution is 5.66. The van der Waals surface area contributed by atoms with Crippen molar-refractivity contribution in [2.75, 3.05) is 12.3 Å². The van der Waals surface area contributed by atoms with Crippen molar-refractivity contribution in [2.24, 2.45) is 0 Å². The first kappa shape index (κ1) is 13.1. The fourth-order valence-corrected chi connectivity index (χ4v) is 2.54. The summed E-state index contributed by atoms with van der Waals surface area (Å²) in [5.41, 5.74) is 8.04. The van der Waals surface area contributed by atoms with E-state index in [2.05, 4.69) is 10.1 Å².